The van der Waals surface area contributed by atoms with Gasteiger partial charge in [0.2, 0.25) is 10.0 Å². The van der Waals surface area contributed by atoms with Gasteiger partial charge >= 0.3 is 0 Å². The molecule has 2 N–H and O–H groups in total. The number of nitrogens with two attached hydrogens (primary N) is 1. The lowest BCUT2D eigenvalue weighted by Gasteiger charge is -2.30. The molecule has 0 bridgehead atoms. The number of sulfonamides is 1. The van der Waals surface area contributed by atoms with E-state index in [-0.39, 0.29) is 28.4 Å². The molecule has 1 fully saturated rings. The van der Waals surface area contributed by atoms with Crippen LogP contribution >= 0.6 is 0 Å². The first kappa shape index (κ1) is 18.0. The number of nitrogens with zero attached hydrogens (tertiary/aromatic N) is 1. The molecule has 1 aliphatic heterocycles. The van der Waals surface area contributed by atoms with Gasteiger partial charge in [-0.15, -0.1) is 0 Å². The Kier molecular flexibility index (Phi) is 5.52. The molecule has 0 radical (unpaired) electrons. The van der Waals surface area contributed by atoms with E-state index in [1.165, 1.54) is 13.0 Å². The number of amides is 1. The second kappa shape index (κ2) is 7.05. The highest BCUT2D eigenvalue weighted by atomic mass is 32.2. The van der Waals surface area contributed by atoms with Crippen LogP contribution < -0.4 is 5.14 Å². The van der Waals surface area contributed by atoms with Crippen LogP contribution in [0.1, 0.15) is 62.3 Å². The number of likely N-dealkylation sites (tertiary alicyclic amines) is 1. The van der Waals surface area contributed by atoms with Gasteiger partial charge < -0.3 is 9.32 Å². The number of furan rings is 1. The summed E-state index contributed by atoms with van der Waals surface area (Å²) in [4.78, 5) is 14.6. The summed E-state index contributed by atoms with van der Waals surface area (Å²) in [5.74, 6) is 0.468. The van der Waals surface area contributed by atoms with Crippen LogP contribution in [-0.2, 0) is 10.0 Å². The third-order valence-corrected chi connectivity index (χ3v) is 5.29. The molecule has 2 rings (SSSR count). The number of carbonyl (C=O) groups is 1. The van der Waals surface area contributed by atoms with Crippen LogP contribution in [-0.4, -0.2) is 31.8 Å². The van der Waals surface area contributed by atoms with E-state index in [9.17, 15) is 13.2 Å². The van der Waals surface area contributed by atoms with Crippen molar-refractivity contribution >= 4 is 15.9 Å². The zero-order valence-electron chi connectivity index (χ0n) is 14.0. The normalized spacial score (nSPS) is 19.9. The van der Waals surface area contributed by atoms with Crippen molar-refractivity contribution in [3.63, 3.8) is 0 Å². The van der Waals surface area contributed by atoms with Crippen LogP contribution in [0.5, 0.6) is 0 Å². The van der Waals surface area contributed by atoms with Crippen LogP contribution in [0.4, 0.5) is 0 Å². The van der Waals surface area contributed by atoms with Crippen LogP contribution in [0.2, 0.25) is 0 Å². The lowest BCUT2D eigenvalue weighted by molar-refractivity contribution is 0.0627. The molecule has 130 valence electrons. The van der Waals surface area contributed by atoms with Gasteiger partial charge in [0.05, 0.1) is 0 Å². The van der Waals surface area contributed by atoms with Gasteiger partial charge in [-0.1, -0.05) is 26.7 Å². The van der Waals surface area contributed by atoms with Gasteiger partial charge in [-0.25, -0.2) is 13.6 Å². The number of rotatable bonds is 4. The van der Waals surface area contributed by atoms with E-state index in [2.05, 4.69) is 13.8 Å². The maximum absolute atomic E-state index is 12.8. The predicted molar refractivity (Wildman–Crippen MR) is 87.6 cm³/mol. The van der Waals surface area contributed by atoms with Gasteiger partial charge in [-0.2, -0.15) is 0 Å². The highest BCUT2D eigenvalue weighted by molar-refractivity contribution is 7.89. The Morgan fingerprint density at radius 2 is 2.09 bits per heavy atom. The zero-order valence-corrected chi connectivity index (χ0v) is 14.9. The molecule has 1 atom stereocenters. The van der Waals surface area contributed by atoms with Crippen molar-refractivity contribution in [3.8, 4) is 0 Å². The molecular weight excluding hydrogens is 316 g/mol. The minimum absolute atomic E-state index is 0.0576. The standard InChI is InChI=1S/C16H26N2O4S/c1-11(2)9-13-7-5-4-6-8-18(13)16(19)14-10-15(12(3)22-14)23(17,20)21/h10-11,13H,4-9H2,1-3H3,(H2,17,20,21)/t13-/m0/s1. The van der Waals surface area contributed by atoms with E-state index in [0.29, 0.717) is 12.5 Å². The summed E-state index contributed by atoms with van der Waals surface area (Å²) in [7, 11) is -3.88. The first-order valence-corrected chi connectivity index (χ1v) is 9.69. The number of aryl methyl sites for hydroxylation is 1. The van der Waals surface area contributed by atoms with E-state index >= 15 is 0 Å². The van der Waals surface area contributed by atoms with Crippen molar-refractivity contribution in [2.45, 2.75) is 63.8 Å². The van der Waals surface area contributed by atoms with E-state index in [0.717, 1.165) is 32.1 Å². The number of primary sulfonamides is 1. The third kappa shape index (κ3) is 4.35. The molecular formula is C16H26N2O4S. The monoisotopic (exact) mass is 342 g/mol. The average Bonchev–Trinajstić information content (AvgIpc) is 2.69. The summed E-state index contributed by atoms with van der Waals surface area (Å²) in [5, 5.41) is 5.16. The molecule has 0 aliphatic carbocycles. The van der Waals surface area contributed by atoms with Gasteiger partial charge in [0.25, 0.3) is 5.91 Å². The highest BCUT2D eigenvalue weighted by Crippen LogP contribution is 2.26. The van der Waals surface area contributed by atoms with Crippen molar-refractivity contribution in [3.05, 3.63) is 17.6 Å². The second-order valence-corrected chi connectivity index (χ2v) is 8.24. The summed E-state index contributed by atoms with van der Waals surface area (Å²) < 4.78 is 28.4. The fourth-order valence-corrected chi connectivity index (χ4v) is 3.94. The summed E-state index contributed by atoms with van der Waals surface area (Å²) in [6.45, 7) is 6.47. The predicted octanol–water partition coefficient (Wildman–Crippen LogP) is 2.67. The molecule has 0 saturated carbocycles. The largest absolute Gasteiger partial charge is 0.455 e. The van der Waals surface area contributed by atoms with Gasteiger partial charge in [0.1, 0.15) is 10.7 Å². The first-order valence-electron chi connectivity index (χ1n) is 8.14. The quantitative estimate of drug-likeness (QED) is 0.910. The van der Waals surface area contributed by atoms with E-state index in [4.69, 9.17) is 9.56 Å². The smallest absolute Gasteiger partial charge is 0.289 e. The van der Waals surface area contributed by atoms with E-state index in [1.54, 1.807) is 0 Å². The number of hydrogen-bond acceptors (Lipinski definition) is 4. The van der Waals surface area contributed by atoms with Crippen LogP contribution in [0.25, 0.3) is 0 Å². The van der Waals surface area contributed by atoms with E-state index < -0.39 is 10.0 Å². The van der Waals surface area contributed by atoms with Gasteiger partial charge in [-0.05, 0) is 32.1 Å². The van der Waals surface area contributed by atoms with Gasteiger partial charge in [-0.3, -0.25) is 4.79 Å². The Morgan fingerprint density at radius 3 is 2.65 bits per heavy atom. The Labute approximate surface area is 138 Å². The first-order chi connectivity index (χ1) is 10.7. The Hall–Kier alpha value is -1.34. The maximum atomic E-state index is 12.8. The van der Waals surface area contributed by atoms with Crippen LogP contribution in [0.15, 0.2) is 15.4 Å². The Balaban J connectivity index is 2.29. The minimum Gasteiger partial charge on any atom is -0.455 e. The van der Waals surface area contributed by atoms with Gasteiger partial charge in [0.15, 0.2) is 5.76 Å². The van der Waals surface area contributed by atoms with Crippen LogP contribution in [0.3, 0.4) is 0 Å². The molecule has 1 saturated heterocycles. The van der Waals surface area contributed by atoms with Crippen molar-refractivity contribution in [1.82, 2.24) is 4.90 Å². The SMILES string of the molecule is Cc1oc(C(=O)N2CCCCC[C@H]2CC(C)C)cc1S(N)(=O)=O. The van der Waals surface area contributed by atoms with Crippen molar-refractivity contribution < 1.29 is 17.6 Å². The Bertz CT molecular complexity index is 664. The lowest BCUT2D eigenvalue weighted by atomic mass is 9.98. The third-order valence-electron chi connectivity index (χ3n) is 4.27. The summed E-state index contributed by atoms with van der Waals surface area (Å²) in [5.41, 5.74) is 0. The molecule has 2 heterocycles. The topological polar surface area (TPSA) is 93.6 Å². The number of carbonyl (C=O) groups excluding carboxylic acids is 1. The molecule has 1 aromatic rings. The second-order valence-electron chi connectivity index (χ2n) is 6.71. The lowest BCUT2D eigenvalue weighted by Crippen LogP contribution is -2.40. The van der Waals surface area contributed by atoms with Crippen molar-refractivity contribution in [1.29, 1.82) is 0 Å². The van der Waals surface area contributed by atoms with E-state index in [1.807, 2.05) is 4.90 Å². The fraction of sp³-hybridized carbons (Fsp3) is 0.688. The number of hydrogen-bond donors (Lipinski definition) is 1. The molecule has 1 amide bonds. The summed E-state index contributed by atoms with van der Waals surface area (Å²) in [6.07, 6.45) is 5.10. The molecule has 0 unspecified atom stereocenters. The molecule has 0 aromatic carbocycles. The average molecular weight is 342 g/mol. The summed E-state index contributed by atoms with van der Waals surface area (Å²) >= 11 is 0. The molecule has 6 nitrogen and oxygen atoms in total. The molecule has 7 heteroatoms. The molecule has 23 heavy (non-hydrogen) atoms. The van der Waals surface area contributed by atoms with Gasteiger partial charge in [0, 0.05) is 18.7 Å². The maximum Gasteiger partial charge on any atom is 0.289 e. The fourth-order valence-electron chi connectivity index (χ4n) is 3.23. The zero-order chi connectivity index (χ0) is 17.2. The molecule has 1 aliphatic rings. The van der Waals surface area contributed by atoms with Crippen LogP contribution in [0, 0.1) is 12.8 Å². The van der Waals surface area contributed by atoms with Crippen molar-refractivity contribution in [2.75, 3.05) is 6.54 Å². The summed E-state index contributed by atoms with van der Waals surface area (Å²) in [6, 6.07) is 1.43. The van der Waals surface area contributed by atoms with Crippen molar-refractivity contribution in [2.24, 2.45) is 11.1 Å². The minimum atomic E-state index is -3.88. The molecule has 0 spiro atoms. The molecule has 1 aromatic heterocycles. The highest BCUT2D eigenvalue weighted by Gasteiger charge is 2.30. The Morgan fingerprint density at radius 1 is 1.39 bits per heavy atom.